The molecule has 1 fully saturated rings. The molecule has 0 saturated carbocycles. The summed E-state index contributed by atoms with van der Waals surface area (Å²) < 4.78 is 0. The van der Waals surface area contributed by atoms with Crippen LogP contribution in [0.1, 0.15) is 28.8 Å². The Morgan fingerprint density at radius 2 is 1.79 bits per heavy atom. The predicted molar refractivity (Wildman–Crippen MR) is 94.7 cm³/mol. The number of likely N-dealkylation sites (N-methyl/N-ethyl adjacent to an activating group) is 1. The minimum Gasteiger partial charge on any atom is -0.357 e. The second kappa shape index (κ2) is 6.87. The number of rotatable bonds is 3. The average molecular weight is 322 g/mol. The second-order valence-electron chi connectivity index (χ2n) is 6.16. The maximum Gasteiger partial charge on any atom is 0.254 e. The van der Waals surface area contributed by atoms with E-state index in [0.717, 1.165) is 18.4 Å². The highest BCUT2D eigenvalue weighted by atomic mass is 16.2. The summed E-state index contributed by atoms with van der Waals surface area (Å²) in [6.45, 7) is 2.71. The Kier molecular flexibility index (Phi) is 4.65. The number of benzene rings is 2. The third-order valence-electron chi connectivity index (χ3n) is 4.65. The molecule has 0 aliphatic carbocycles. The van der Waals surface area contributed by atoms with Gasteiger partial charge in [0.05, 0.1) is 0 Å². The number of hydrogen-bond donors (Lipinski definition) is 1. The van der Waals surface area contributed by atoms with Crippen LogP contribution in [0.25, 0.3) is 11.1 Å². The van der Waals surface area contributed by atoms with E-state index in [4.69, 9.17) is 0 Å². The van der Waals surface area contributed by atoms with E-state index in [1.54, 1.807) is 11.9 Å². The van der Waals surface area contributed by atoms with Gasteiger partial charge in [-0.15, -0.1) is 0 Å². The number of carbonyl (C=O) groups excluding carboxylic acids is 2. The van der Waals surface area contributed by atoms with Crippen molar-refractivity contribution in [2.45, 2.75) is 25.8 Å². The normalized spacial score (nSPS) is 16.9. The van der Waals surface area contributed by atoms with Gasteiger partial charge in [-0.3, -0.25) is 9.59 Å². The quantitative estimate of drug-likeness (QED) is 0.944. The number of amides is 2. The fraction of sp³-hybridized carbons (Fsp3) is 0.300. The van der Waals surface area contributed by atoms with Crippen LogP contribution in [0.5, 0.6) is 0 Å². The van der Waals surface area contributed by atoms with Crippen LogP contribution in [0, 0.1) is 6.92 Å². The van der Waals surface area contributed by atoms with Gasteiger partial charge < -0.3 is 10.2 Å². The van der Waals surface area contributed by atoms with Crippen molar-refractivity contribution < 1.29 is 9.59 Å². The fourth-order valence-corrected chi connectivity index (χ4v) is 3.30. The number of likely N-dealkylation sites (tertiary alicyclic amines) is 1. The predicted octanol–water partition coefficient (Wildman–Crippen LogP) is 3.01. The fourth-order valence-electron chi connectivity index (χ4n) is 3.30. The van der Waals surface area contributed by atoms with E-state index >= 15 is 0 Å². The van der Waals surface area contributed by atoms with Crippen LogP contribution in [-0.2, 0) is 4.79 Å². The summed E-state index contributed by atoms with van der Waals surface area (Å²) in [5, 5.41) is 2.65. The molecule has 124 valence electrons. The third kappa shape index (κ3) is 3.04. The first-order valence-corrected chi connectivity index (χ1v) is 8.30. The van der Waals surface area contributed by atoms with Crippen LogP contribution in [0.15, 0.2) is 48.5 Å². The van der Waals surface area contributed by atoms with Crippen molar-refractivity contribution in [2.75, 3.05) is 13.6 Å². The molecule has 1 aliphatic heterocycles. The number of hydrogen-bond acceptors (Lipinski definition) is 2. The zero-order valence-electron chi connectivity index (χ0n) is 14.1. The molecule has 4 nitrogen and oxygen atoms in total. The first-order chi connectivity index (χ1) is 11.6. The molecule has 0 spiro atoms. The molecule has 2 amide bonds. The molecule has 2 aromatic carbocycles. The minimum absolute atomic E-state index is 0.0718. The Morgan fingerprint density at radius 1 is 1.08 bits per heavy atom. The number of carbonyl (C=O) groups is 2. The third-order valence-corrected chi connectivity index (χ3v) is 4.65. The largest absolute Gasteiger partial charge is 0.357 e. The van der Waals surface area contributed by atoms with E-state index in [1.807, 2.05) is 36.4 Å². The Labute approximate surface area is 142 Å². The van der Waals surface area contributed by atoms with Gasteiger partial charge in [-0.05, 0) is 48.6 Å². The Hall–Kier alpha value is -2.62. The highest BCUT2D eigenvalue weighted by Gasteiger charge is 2.33. The Bertz CT molecular complexity index is 752. The van der Waals surface area contributed by atoms with Crippen LogP contribution < -0.4 is 5.32 Å². The molecular formula is C20H22N2O2. The van der Waals surface area contributed by atoms with E-state index in [1.165, 1.54) is 11.1 Å². The lowest BCUT2D eigenvalue weighted by Crippen LogP contribution is -2.44. The van der Waals surface area contributed by atoms with Crippen LogP contribution >= 0.6 is 0 Å². The molecule has 2 aromatic rings. The molecule has 0 radical (unpaired) electrons. The molecular weight excluding hydrogens is 300 g/mol. The number of nitrogens with zero attached hydrogens (tertiary/aromatic N) is 1. The lowest BCUT2D eigenvalue weighted by Gasteiger charge is -2.23. The Morgan fingerprint density at radius 3 is 2.46 bits per heavy atom. The van der Waals surface area contributed by atoms with Gasteiger partial charge in [0.1, 0.15) is 6.04 Å². The number of aryl methyl sites for hydroxylation is 1. The molecule has 1 heterocycles. The molecule has 1 aliphatic rings. The summed E-state index contributed by atoms with van der Waals surface area (Å²) in [6, 6.07) is 15.5. The maximum absolute atomic E-state index is 12.7. The highest BCUT2D eigenvalue weighted by Crippen LogP contribution is 2.25. The van der Waals surface area contributed by atoms with Gasteiger partial charge in [0.2, 0.25) is 5.91 Å². The molecule has 0 bridgehead atoms. The van der Waals surface area contributed by atoms with Crippen molar-refractivity contribution in [1.29, 1.82) is 0 Å². The topological polar surface area (TPSA) is 49.4 Å². The summed E-state index contributed by atoms with van der Waals surface area (Å²) in [5.74, 6) is -0.158. The summed E-state index contributed by atoms with van der Waals surface area (Å²) in [5.41, 5.74) is 4.09. The monoisotopic (exact) mass is 322 g/mol. The zero-order valence-corrected chi connectivity index (χ0v) is 14.1. The highest BCUT2D eigenvalue weighted by molar-refractivity contribution is 5.98. The molecule has 1 atom stereocenters. The average Bonchev–Trinajstić information content (AvgIpc) is 3.11. The van der Waals surface area contributed by atoms with E-state index in [-0.39, 0.29) is 17.9 Å². The van der Waals surface area contributed by atoms with Gasteiger partial charge >= 0.3 is 0 Å². The van der Waals surface area contributed by atoms with Crippen molar-refractivity contribution in [2.24, 2.45) is 0 Å². The smallest absolute Gasteiger partial charge is 0.254 e. The first-order valence-electron chi connectivity index (χ1n) is 8.30. The van der Waals surface area contributed by atoms with Gasteiger partial charge in [0, 0.05) is 19.2 Å². The van der Waals surface area contributed by atoms with Crippen LogP contribution in [0.4, 0.5) is 0 Å². The van der Waals surface area contributed by atoms with Gasteiger partial charge in [-0.25, -0.2) is 0 Å². The minimum atomic E-state index is -0.349. The molecule has 1 N–H and O–H groups in total. The van der Waals surface area contributed by atoms with Gasteiger partial charge in [-0.2, -0.15) is 0 Å². The molecule has 0 aromatic heterocycles. The maximum atomic E-state index is 12.7. The summed E-state index contributed by atoms with van der Waals surface area (Å²) >= 11 is 0. The molecule has 3 rings (SSSR count). The second-order valence-corrected chi connectivity index (χ2v) is 6.16. The molecule has 1 unspecified atom stereocenters. The van der Waals surface area contributed by atoms with Crippen LogP contribution in [-0.4, -0.2) is 36.3 Å². The number of nitrogens with one attached hydrogen (secondary N) is 1. The van der Waals surface area contributed by atoms with E-state index in [2.05, 4.69) is 24.4 Å². The van der Waals surface area contributed by atoms with E-state index in [9.17, 15) is 9.59 Å². The van der Waals surface area contributed by atoms with Gasteiger partial charge in [-0.1, -0.05) is 36.4 Å². The zero-order chi connectivity index (χ0) is 17.1. The first kappa shape index (κ1) is 16.2. The molecule has 1 saturated heterocycles. The van der Waals surface area contributed by atoms with Crippen LogP contribution in [0.3, 0.4) is 0 Å². The van der Waals surface area contributed by atoms with Crippen molar-refractivity contribution in [1.82, 2.24) is 10.2 Å². The van der Waals surface area contributed by atoms with Crippen molar-refractivity contribution in [3.05, 3.63) is 59.7 Å². The molecule has 4 heteroatoms. The van der Waals surface area contributed by atoms with E-state index in [0.29, 0.717) is 12.1 Å². The summed E-state index contributed by atoms with van der Waals surface area (Å²) in [7, 11) is 1.61. The lowest BCUT2D eigenvalue weighted by molar-refractivity contribution is -0.124. The summed E-state index contributed by atoms with van der Waals surface area (Å²) in [4.78, 5) is 26.4. The van der Waals surface area contributed by atoms with E-state index < -0.39 is 0 Å². The summed E-state index contributed by atoms with van der Waals surface area (Å²) in [6.07, 6.45) is 1.60. The van der Waals surface area contributed by atoms with Crippen molar-refractivity contribution in [3.63, 3.8) is 0 Å². The van der Waals surface area contributed by atoms with Crippen molar-refractivity contribution >= 4 is 11.8 Å². The Balaban J connectivity index is 1.82. The molecule has 24 heavy (non-hydrogen) atoms. The lowest BCUT2D eigenvalue weighted by atomic mass is 9.99. The van der Waals surface area contributed by atoms with Gasteiger partial charge in [0.15, 0.2) is 0 Å². The van der Waals surface area contributed by atoms with Gasteiger partial charge in [0.25, 0.3) is 5.91 Å². The SMILES string of the molecule is CNC(=O)C1CCCN1C(=O)c1ccc(-c2ccccc2C)cc1. The van der Waals surface area contributed by atoms with Crippen LogP contribution in [0.2, 0.25) is 0 Å². The standard InChI is InChI=1S/C20H22N2O2/c1-14-6-3-4-7-17(14)15-9-11-16(12-10-15)20(24)22-13-5-8-18(22)19(23)21-2/h3-4,6-7,9-12,18H,5,8,13H2,1-2H3,(H,21,23). The van der Waals surface area contributed by atoms with Crippen molar-refractivity contribution in [3.8, 4) is 11.1 Å².